The summed E-state index contributed by atoms with van der Waals surface area (Å²) in [6.45, 7) is 3.59. The molecule has 94 valence electrons. The number of likely N-dealkylation sites (N-methyl/N-ethyl adjacent to an activating group) is 1. The van der Waals surface area contributed by atoms with E-state index in [0.717, 1.165) is 13.1 Å². The van der Waals surface area contributed by atoms with Crippen LogP contribution in [-0.4, -0.2) is 48.9 Å². The van der Waals surface area contributed by atoms with Crippen LogP contribution >= 0.6 is 11.3 Å². The number of carbonyl (C=O) groups excluding carboxylic acids is 1. The summed E-state index contributed by atoms with van der Waals surface area (Å²) < 4.78 is 0. The lowest BCUT2D eigenvalue weighted by Gasteiger charge is -2.24. The third-order valence-electron chi connectivity index (χ3n) is 2.97. The van der Waals surface area contributed by atoms with E-state index in [1.807, 2.05) is 32.0 Å². The minimum absolute atomic E-state index is 0.0532. The molecule has 2 heterocycles. The van der Waals surface area contributed by atoms with Crippen LogP contribution in [0.5, 0.6) is 0 Å². The maximum Gasteiger partial charge on any atom is 0.241 e. The maximum atomic E-state index is 12.1. The van der Waals surface area contributed by atoms with Crippen LogP contribution in [0, 0.1) is 0 Å². The number of hydrogen-bond donors (Lipinski definition) is 1. The summed E-state index contributed by atoms with van der Waals surface area (Å²) in [7, 11) is 4.05. The van der Waals surface area contributed by atoms with Crippen LogP contribution in [0.15, 0.2) is 17.5 Å². The molecule has 1 fully saturated rings. The predicted molar refractivity (Wildman–Crippen MR) is 69.9 cm³/mol. The fourth-order valence-electron chi connectivity index (χ4n) is 2.00. The average Bonchev–Trinajstić information content (AvgIpc) is 2.87. The minimum Gasteiger partial charge on any atom is -0.319 e. The lowest BCUT2D eigenvalue weighted by Crippen LogP contribution is -2.36. The Bertz CT molecular complexity index is 377. The van der Waals surface area contributed by atoms with Crippen LogP contribution in [0.4, 0.5) is 0 Å². The normalized spacial score (nSPS) is 24.9. The molecule has 1 amide bonds. The van der Waals surface area contributed by atoms with Crippen molar-refractivity contribution in [3.05, 3.63) is 22.4 Å². The van der Waals surface area contributed by atoms with Gasteiger partial charge in [0.1, 0.15) is 6.17 Å². The first kappa shape index (κ1) is 12.5. The molecule has 2 unspecified atom stereocenters. The zero-order valence-electron chi connectivity index (χ0n) is 10.5. The highest BCUT2D eigenvalue weighted by molar-refractivity contribution is 7.10. The highest BCUT2D eigenvalue weighted by atomic mass is 32.1. The van der Waals surface area contributed by atoms with E-state index in [0.29, 0.717) is 0 Å². The van der Waals surface area contributed by atoms with Gasteiger partial charge in [-0.25, -0.2) is 0 Å². The molecular weight excluding hydrogens is 234 g/mol. The fourth-order valence-corrected chi connectivity index (χ4v) is 2.80. The smallest absolute Gasteiger partial charge is 0.241 e. The summed E-state index contributed by atoms with van der Waals surface area (Å²) in [5.74, 6) is 0.199. The van der Waals surface area contributed by atoms with Crippen molar-refractivity contribution < 1.29 is 4.79 Å². The molecule has 0 radical (unpaired) electrons. The highest BCUT2D eigenvalue weighted by Gasteiger charge is 2.37. The van der Waals surface area contributed by atoms with Gasteiger partial charge in [0.2, 0.25) is 5.91 Å². The lowest BCUT2D eigenvalue weighted by atomic mass is 10.3. The van der Waals surface area contributed by atoms with Gasteiger partial charge in [-0.1, -0.05) is 6.07 Å². The van der Waals surface area contributed by atoms with Gasteiger partial charge in [-0.2, -0.15) is 0 Å². The number of thiophene rings is 1. The van der Waals surface area contributed by atoms with Gasteiger partial charge in [-0.3, -0.25) is 10.1 Å². The van der Waals surface area contributed by atoms with Crippen LogP contribution in [0.1, 0.15) is 18.0 Å². The largest absolute Gasteiger partial charge is 0.319 e. The Hall–Kier alpha value is -0.910. The third-order valence-corrected chi connectivity index (χ3v) is 3.90. The molecule has 4 nitrogen and oxygen atoms in total. The van der Waals surface area contributed by atoms with E-state index in [1.165, 1.54) is 4.88 Å². The Morgan fingerprint density at radius 3 is 2.88 bits per heavy atom. The third kappa shape index (κ3) is 2.68. The van der Waals surface area contributed by atoms with Gasteiger partial charge in [0.15, 0.2) is 0 Å². The number of rotatable bonds is 4. The van der Waals surface area contributed by atoms with Crippen molar-refractivity contribution >= 4 is 17.2 Å². The van der Waals surface area contributed by atoms with Gasteiger partial charge in [0, 0.05) is 18.0 Å². The number of nitrogens with zero attached hydrogens (tertiary/aromatic N) is 2. The molecule has 0 spiro atoms. The second-order valence-electron chi connectivity index (χ2n) is 4.64. The zero-order valence-corrected chi connectivity index (χ0v) is 11.3. The highest BCUT2D eigenvalue weighted by Crippen LogP contribution is 2.28. The molecule has 1 saturated heterocycles. The first-order chi connectivity index (χ1) is 8.09. The van der Waals surface area contributed by atoms with Crippen molar-refractivity contribution in [2.75, 3.05) is 27.2 Å². The molecule has 2 atom stereocenters. The summed E-state index contributed by atoms with van der Waals surface area (Å²) in [6.07, 6.45) is 0.0532. The van der Waals surface area contributed by atoms with Gasteiger partial charge < -0.3 is 9.80 Å². The molecule has 1 aliphatic rings. The topological polar surface area (TPSA) is 35.6 Å². The zero-order chi connectivity index (χ0) is 12.4. The molecule has 0 saturated carbocycles. The summed E-state index contributed by atoms with van der Waals surface area (Å²) in [5, 5.41) is 5.40. The van der Waals surface area contributed by atoms with E-state index in [9.17, 15) is 4.79 Å². The molecule has 1 aliphatic heterocycles. The van der Waals surface area contributed by atoms with Gasteiger partial charge in [-0.05, 0) is 32.5 Å². The number of amides is 1. The summed E-state index contributed by atoms with van der Waals surface area (Å²) in [6, 6.07) is 4.03. The van der Waals surface area contributed by atoms with Gasteiger partial charge >= 0.3 is 0 Å². The number of hydrogen-bond acceptors (Lipinski definition) is 4. The Kier molecular flexibility index (Phi) is 3.81. The van der Waals surface area contributed by atoms with Crippen molar-refractivity contribution in [2.24, 2.45) is 0 Å². The Morgan fingerprint density at radius 2 is 2.29 bits per heavy atom. The average molecular weight is 253 g/mol. The van der Waals surface area contributed by atoms with Crippen molar-refractivity contribution in [3.8, 4) is 0 Å². The lowest BCUT2D eigenvalue weighted by molar-refractivity contribution is -0.129. The van der Waals surface area contributed by atoms with Gasteiger partial charge in [0.05, 0.1) is 6.04 Å². The quantitative estimate of drug-likeness (QED) is 0.873. The fraction of sp³-hybridized carbons (Fsp3) is 0.583. The Labute approximate surface area is 106 Å². The van der Waals surface area contributed by atoms with Crippen LogP contribution < -0.4 is 5.32 Å². The monoisotopic (exact) mass is 253 g/mol. The molecule has 17 heavy (non-hydrogen) atoms. The van der Waals surface area contributed by atoms with Crippen molar-refractivity contribution in [2.45, 2.75) is 19.1 Å². The molecule has 1 aromatic rings. The van der Waals surface area contributed by atoms with E-state index in [4.69, 9.17) is 0 Å². The number of carbonyl (C=O) groups is 1. The van der Waals surface area contributed by atoms with Gasteiger partial charge in [-0.15, -0.1) is 11.3 Å². The minimum atomic E-state index is -0.0794. The van der Waals surface area contributed by atoms with Gasteiger partial charge in [0.25, 0.3) is 0 Å². The molecule has 0 aliphatic carbocycles. The standard InChI is InChI=1S/C12H19N3OS/c1-9-12(16)15(7-6-14(2)3)11(13-9)10-5-4-8-17-10/h4-5,8-9,11,13H,6-7H2,1-3H3. The van der Waals surface area contributed by atoms with E-state index >= 15 is 0 Å². The molecular formula is C12H19N3OS. The first-order valence-corrected chi connectivity index (χ1v) is 6.72. The summed E-state index contributed by atoms with van der Waals surface area (Å²) >= 11 is 1.69. The molecule has 1 N–H and O–H groups in total. The molecule has 2 rings (SSSR count). The molecule has 1 aromatic heterocycles. The second kappa shape index (κ2) is 5.16. The Morgan fingerprint density at radius 1 is 1.53 bits per heavy atom. The molecule has 0 aromatic carbocycles. The van der Waals surface area contributed by atoms with E-state index in [2.05, 4.69) is 21.7 Å². The van der Waals surface area contributed by atoms with Crippen LogP contribution in [-0.2, 0) is 4.79 Å². The van der Waals surface area contributed by atoms with Crippen molar-refractivity contribution in [1.82, 2.24) is 15.1 Å². The SMILES string of the molecule is CC1NC(c2cccs2)N(CCN(C)C)C1=O. The van der Waals surface area contributed by atoms with Crippen molar-refractivity contribution in [1.29, 1.82) is 0 Å². The Balaban J connectivity index is 2.11. The number of nitrogens with one attached hydrogen (secondary N) is 1. The van der Waals surface area contributed by atoms with E-state index in [1.54, 1.807) is 11.3 Å². The first-order valence-electron chi connectivity index (χ1n) is 5.84. The summed E-state index contributed by atoms with van der Waals surface area (Å²) in [5.41, 5.74) is 0. The predicted octanol–water partition coefficient (Wildman–Crippen LogP) is 1.13. The van der Waals surface area contributed by atoms with E-state index in [-0.39, 0.29) is 18.1 Å². The van der Waals surface area contributed by atoms with Crippen LogP contribution in [0.25, 0.3) is 0 Å². The van der Waals surface area contributed by atoms with E-state index < -0.39 is 0 Å². The van der Waals surface area contributed by atoms with Crippen LogP contribution in [0.2, 0.25) is 0 Å². The van der Waals surface area contributed by atoms with Crippen LogP contribution in [0.3, 0.4) is 0 Å². The molecule has 5 heteroatoms. The second-order valence-corrected chi connectivity index (χ2v) is 5.62. The molecule has 0 bridgehead atoms. The van der Waals surface area contributed by atoms with Crippen molar-refractivity contribution in [3.63, 3.8) is 0 Å². The summed E-state index contributed by atoms with van der Waals surface area (Å²) in [4.78, 5) is 17.3. The maximum absolute atomic E-state index is 12.1.